The molecule has 6 heteroatoms. The molecule has 0 radical (unpaired) electrons. The molecule has 1 aliphatic heterocycles. The van der Waals surface area contributed by atoms with Gasteiger partial charge in [0, 0.05) is 25.6 Å². The molecule has 1 heterocycles. The van der Waals surface area contributed by atoms with Crippen LogP contribution in [0.3, 0.4) is 0 Å². The fourth-order valence-corrected chi connectivity index (χ4v) is 5.70. The molecule has 1 fully saturated rings. The first-order valence-electron chi connectivity index (χ1n) is 13.0. The van der Waals surface area contributed by atoms with Gasteiger partial charge in [-0.05, 0) is 72.8 Å². The highest BCUT2D eigenvalue weighted by Gasteiger charge is 2.35. The molecule has 2 amide bonds. The second-order valence-corrected chi connectivity index (χ2v) is 10.7. The summed E-state index contributed by atoms with van der Waals surface area (Å²) in [5.41, 5.74) is 9.52. The third kappa shape index (κ3) is 6.29. The number of halogens is 1. The Bertz CT molecular complexity index is 1010. The lowest BCUT2D eigenvalue weighted by atomic mass is 9.79. The van der Waals surface area contributed by atoms with Gasteiger partial charge in [-0.15, -0.1) is 0 Å². The van der Waals surface area contributed by atoms with Crippen LogP contribution in [0.25, 0.3) is 0 Å². The van der Waals surface area contributed by atoms with Gasteiger partial charge in [0.1, 0.15) is 11.9 Å². The maximum absolute atomic E-state index is 13.6. The van der Waals surface area contributed by atoms with E-state index in [-0.39, 0.29) is 23.5 Å². The fraction of sp³-hybridized carbons (Fsp3) is 0.517. The number of nitrogens with zero attached hydrogens (tertiary/aromatic N) is 1. The van der Waals surface area contributed by atoms with Crippen molar-refractivity contribution in [2.75, 3.05) is 13.1 Å². The van der Waals surface area contributed by atoms with Gasteiger partial charge >= 0.3 is 0 Å². The molecule has 4 rings (SSSR count). The number of benzene rings is 2. The molecule has 188 valence electrons. The molecule has 3 N–H and O–H groups in total. The molecule has 5 nitrogen and oxygen atoms in total. The molecule has 2 unspecified atom stereocenters. The molecule has 1 saturated heterocycles. The predicted octanol–water partition coefficient (Wildman–Crippen LogP) is 4.40. The van der Waals surface area contributed by atoms with Crippen molar-refractivity contribution in [3.8, 4) is 0 Å². The van der Waals surface area contributed by atoms with Crippen LogP contribution in [0.2, 0.25) is 0 Å². The summed E-state index contributed by atoms with van der Waals surface area (Å²) in [4.78, 5) is 28.9. The average Bonchev–Trinajstić information content (AvgIpc) is 2.85. The van der Waals surface area contributed by atoms with Crippen molar-refractivity contribution < 1.29 is 14.0 Å². The number of carbonyl (C=O) groups is 2. The summed E-state index contributed by atoms with van der Waals surface area (Å²) in [5.74, 6) is 0.352. The monoisotopic (exact) mass is 479 g/mol. The van der Waals surface area contributed by atoms with Gasteiger partial charge in [-0.2, -0.15) is 0 Å². The van der Waals surface area contributed by atoms with Gasteiger partial charge in [-0.25, -0.2) is 4.39 Å². The fourth-order valence-electron chi connectivity index (χ4n) is 5.70. The lowest BCUT2D eigenvalue weighted by Gasteiger charge is -2.36. The minimum Gasteiger partial charge on any atom is -0.344 e. The second-order valence-electron chi connectivity index (χ2n) is 10.7. The Morgan fingerprint density at radius 3 is 2.43 bits per heavy atom. The smallest absolute Gasteiger partial charge is 0.245 e. The number of hydrogen-bond acceptors (Lipinski definition) is 3. The molecule has 1 aliphatic carbocycles. The molecule has 2 aromatic rings. The van der Waals surface area contributed by atoms with Crippen molar-refractivity contribution in [3.05, 3.63) is 71.0 Å². The maximum atomic E-state index is 13.6. The van der Waals surface area contributed by atoms with Crippen LogP contribution in [0.15, 0.2) is 48.5 Å². The highest BCUT2D eigenvalue weighted by Crippen LogP contribution is 2.33. The number of fused-ring (bicyclic) bond motifs is 1. The minimum atomic E-state index is -0.695. The lowest BCUT2D eigenvalue weighted by Crippen LogP contribution is -2.53. The predicted molar refractivity (Wildman–Crippen MR) is 136 cm³/mol. The molecule has 35 heavy (non-hydrogen) atoms. The van der Waals surface area contributed by atoms with Crippen molar-refractivity contribution in [1.82, 2.24) is 10.2 Å². The minimum absolute atomic E-state index is 0.0598. The van der Waals surface area contributed by atoms with E-state index in [1.807, 2.05) is 23.1 Å². The van der Waals surface area contributed by atoms with E-state index in [4.69, 9.17) is 5.73 Å². The van der Waals surface area contributed by atoms with Gasteiger partial charge in [0.25, 0.3) is 0 Å². The number of piperidine rings is 1. The summed E-state index contributed by atoms with van der Waals surface area (Å²) >= 11 is 0. The standard InChI is InChI=1S/C29H38FN3O2/c1-19(2)17-21-13-15-33(16-14-21)29(35)26(18-20-7-10-23(30)11-8-20)32-28(34)25-12-9-22-5-3-4-6-24(22)27(25)31/h3-8,10-11,19,21,25-27H,9,12-18,31H2,1-2H3,(H,32,34)/t25?,26-,27?/m1/s1. The summed E-state index contributed by atoms with van der Waals surface area (Å²) in [6.45, 7) is 5.89. The Kier molecular flexibility index (Phi) is 8.22. The zero-order valence-corrected chi connectivity index (χ0v) is 20.9. The van der Waals surface area contributed by atoms with Gasteiger partial charge in [0.05, 0.1) is 5.92 Å². The number of rotatable bonds is 7. The largest absolute Gasteiger partial charge is 0.344 e. The van der Waals surface area contributed by atoms with Crippen molar-refractivity contribution in [2.24, 2.45) is 23.5 Å². The summed E-state index contributed by atoms with van der Waals surface area (Å²) in [7, 11) is 0. The van der Waals surface area contributed by atoms with E-state index in [2.05, 4.69) is 25.2 Å². The third-order valence-electron chi connectivity index (χ3n) is 7.61. The average molecular weight is 480 g/mol. The molecule has 2 aromatic carbocycles. The number of nitrogens with two attached hydrogens (primary N) is 1. The summed E-state index contributed by atoms with van der Waals surface area (Å²) in [6, 6.07) is 13.0. The van der Waals surface area contributed by atoms with Crippen LogP contribution in [0, 0.1) is 23.6 Å². The highest BCUT2D eigenvalue weighted by atomic mass is 19.1. The number of hydrogen-bond donors (Lipinski definition) is 2. The summed E-state index contributed by atoms with van der Waals surface area (Å²) < 4.78 is 13.5. The molecule has 2 aliphatic rings. The first-order valence-corrected chi connectivity index (χ1v) is 13.0. The zero-order valence-electron chi connectivity index (χ0n) is 20.9. The van der Waals surface area contributed by atoms with Crippen LogP contribution in [-0.4, -0.2) is 35.8 Å². The third-order valence-corrected chi connectivity index (χ3v) is 7.61. The molecular weight excluding hydrogens is 441 g/mol. The molecular formula is C29H38FN3O2. The van der Waals surface area contributed by atoms with E-state index in [0.29, 0.717) is 37.8 Å². The Morgan fingerprint density at radius 2 is 1.74 bits per heavy atom. The maximum Gasteiger partial charge on any atom is 0.245 e. The number of likely N-dealkylation sites (tertiary alicyclic amines) is 1. The van der Waals surface area contributed by atoms with Crippen LogP contribution in [0.1, 0.15) is 62.3 Å². The summed E-state index contributed by atoms with van der Waals surface area (Å²) in [6.07, 6.45) is 4.94. The first kappa shape index (κ1) is 25.4. The normalized spacial score (nSPS) is 21.5. The van der Waals surface area contributed by atoms with Gasteiger partial charge in [-0.3, -0.25) is 9.59 Å². The second kappa shape index (κ2) is 11.3. The Hall–Kier alpha value is -2.73. The molecule has 0 aromatic heterocycles. The van der Waals surface area contributed by atoms with Crippen LogP contribution >= 0.6 is 0 Å². The molecule has 0 spiro atoms. The van der Waals surface area contributed by atoms with Gasteiger partial charge in [0.2, 0.25) is 11.8 Å². The van der Waals surface area contributed by atoms with Crippen molar-refractivity contribution in [3.63, 3.8) is 0 Å². The van der Waals surface area contributed by atoms with E-state index in [1.54, 1.807) is 12.1 Å². The SMILES string of the molecule is CC(C)CC1CCN(C(=O)[C@@H](Cc2ccc(F)cc2)NC(=O)C2CCc3ccccc3C2N)CC1. The van der Waals surface area contributed by atoms with E-state index in [1.165, 1.54) is 24.1 Å². The Labute approximate surface area is 208 Å². The number of carbonyl (C=O) groups excluding carboxylic acids is 2. The van der Waals surface area contributed by atoms with E-state index >= 15 is 0 Å². The van der Waals surface area contributed by atoms with Crippen molar-refractivity contribution >= 4 is 11.8 Å². The van der Waals surface area contributed by atoms with Crippen LogP contribution in [0.5, 0.6) is 0 Å². The first-order chi connectivity index (χ1) is 16.8. The van der Waals surface area contributed by atoms with Gasteiger partial charge in [-0.1, -0.05) is 50.2 Å². The molecule has 0 saturated carbocycles. The van der Waals surface area contributed by atoms with Crippen molar-refractivity contribution in [2.45, 2.75) is 64.5 Å². The van der Waals surface area contributed by atoms with Gasteiger partial charge < -0.3 is 16.0 Å². The van der Waals surface area contributed by atoms with E-state index in [9.17, 15) is 14.0 Å². The molecule has 0 bridgehead atoms. The Balaban J connectivity index is 1.47. The lowest BCUT2D eigenvalue weighted by molar-refractivity contribution is -0.139. The summed E-state index contributed by atoms with van der Waals surface area (Å²) in [5, 5.41) is 3.05. The zero-order chi connectivity index (χ0) is 24.9. The van der Waals surface area contributed by atoms with E-state index < -0.39 is 12.1 Å². The Morgan fingerprint density at radius 1 is 1.06 bits per heavy atom. The quantitative estimate of drug-likeness (QED) is 0.618. The molecule has 3 atom stereocenters. The van der Waals surface area contributed by atoms with Crippen LogP contribution in [0.4, 0.5) is 4.39 Å². The van der Waals surface area contributed by atoms with E-state index in [0.717, 1.165) is 30.4 Å². The van der Waals surface area contributed by atoms with Crippen LogP contribution < -0.4 is 11.1 Å². The highest BCUT2D eigenvalue weighted by molar-refractivity contribution is 5.89. The van der Waals surface area contributed by atoms with Gasteiger partial charge in [0.15, 0.2) is 0 Å². The number of aryl methyl sites for hydroxylation is 1. The number of nitrogens with one attached hydrogen (secondary N) is 1. The number of amides is 2. The van der Waals surface area contributed by atoms with Crippen molar-refractivity contribution in [1.29, 1.82) is 0 Å². The topological polar surface area (TPSA) is 75.4 Å². The van der Waals surface area contributed by atoms with Crippen LogP contribution in [-0.2, 0) is 22.4 Å².